The van der Waals surface area contributed by atoms with Gasteiger partial charge in [0.25, 0.3) is 0 Å². The van der Waals surface area contributed by atoms with Crippen molar-refractivity contribution in [3.8, 4) is 5.69 Å². The summed E-state index contributed by atoms with van der Waals surface area (Å²) in [7, 11) is 1.90. The molecule has 1 amide bonds. The van der Waals surface area contributed by atoms with Gasteiger partial charge in [0.15, 0.2) is 11.0 Å². The number of rotatable bonds is 7. The molecule has 0 saturated carbocycles. The van der Waals surface area contributed by atoms with Crippen LogP contribution in [0.3, 0.4) is 0 Å². The second-order valence-corrected chi connectivity index (χ2v) is 10.4. The Balaban J connectivity index is 1.33. The molecule has 5 rings (SSSR count). The lowest BCUT2D eigenvalue weighted by atomic mass is 9.87. The number of carbonyl (C=O) groups is 1. The predicted molar refractivity (Wildman–Crippen MR) is 136 cm³/mol. The first-order valence-electron chi connectivity index (χ1n) is 12.5. The van der Waals surface area contributed by atoms with Crippen molar-refractivity contribution in [2.75, 3.05) is 25.9 Å². The maximum absolute atomic E-state index is 13.6. The minimum absolute atomic E-state index is 0.0722. The van der Waals surface area contributed by atoms with Crippen LogP contribution in [-0.4, -0.2) is 56.4 Å². The highest BCUT2D eigenvalue weighted by Crippen LogP contribution is 2.34. The molecule has 1 saturated heterocycles. The zero-order chi connectivity index (χ0) is 24.2. The third-order valence-corrected chi connectivity index (χ3v) is 8.04. The highest BCUT2D eigenvalue weighted by atomic mass is 32.2. The minimum Gasteiger partial charge on any atom is -0.338 e. The maximum atomic E-state index is 13.6. The highest BCUT2D eigenvalue weighted by Gasteiger charge is 2.27. The first-order valence-corrected chi connectivity index (χ1v) is 13.5. The van der Waals surface area contributed by atoms with Gasteiger partial charge in [0.2, 0.25) is 5.91 Å². The van der Waals surface area contributed by atoms with Crippen molar-refractivity contribution in [1.82, 2.24) is 24.6 Å². The van der Waals surface area contributed by atoms with Gasteiger partial charge in [-0.1, -0.05) is 42.4 Å². The second-order valence-electron chi connectivity index (χ2n) is 9.45. The standard InChI is InChI=1S/C27H32FN5OS/c1-31(24-11-7-9-20-8-3-4-10-23(20)24)26(34)19-35-27-30-29-25(18-32-16-5-2-6-17-32)33(27)22-14-12-21(28)13-15-22/h3-4,8,10,12-15,24H,2,5-7,9,11,16-19H2,1H3. The highest BCUT2D eigenvalue weighted by molar-refractivity contribution is 7.99. The number of hydrogen-bond donors (Lipinski definition) is 0. The van der Waals surface area contributed by atoms with Crippen LogP contribution in [0.2, 0.25) is 0 Å². The van der Waals surface area contributed by atoms with Crippen molar-refractivity contribution in [2.24, 2.45) is 0 Å². The van der Waals surface area contributed by atoms with E-state index in [1.807, 2.05) is 16.5 Å². The average molecular weight is 494 g/mol. The molecular weight excluding hydrogens is 461 g/mol. The lowest BCUT2D eigenvalue weighted by molar-refractivity contribution is -0.129. The molecule has 3 aromatic rings. The summed E-state index contributed by atoms with van der Waals surface area (Å²) in [5, 5.41) is 9.59. The van der Waals surface area contributed by atoms with Crippen molar-refractivity contribution in [3.63, 3.8) is 0 Å². The molecule has 1 aromatic heterocycles. The molecule has 1 fully saturated rings. The molecule has 0 spiro atoms. The number of aryl methyl sites for hydroxylation is 1. The van der Waals surface area contributed by atoms with Crippen LogP contribution in [0.25, 0.3) is 5.69 Å². The molecule has 8 heteroatoms. The molecule has 184 valence electrons. The quantitative estimate of drug-likeness (QED) is 0.433. The van der Waals surface area contributed by atoms with Crippen LogP contribution < -0.4 is 0 Å². The van der Waals surface area contributed by atoms with Crippen molar-refractivity contribution < 1.29 is 9.18 Å². The number of benzene rings is 2. The summed E-state index contributed by atoms with van der Waals surface area (Å²) in [4.78, 5) is 17.5. The fourth-order valence-corrected chi connectivity index (χ4v) is 6.09. The van der Waals surface area contributed by atoms with Crippen LogP contribution in [0.15, 0.2) is 53.7 Å². The third-order valence-electron chi connectivity index (χ3n) is 7.12. The number of carbonyl (C=O) groups excluding carboxylic acids is 1. The van der Waals surface area contributed by atoms with Gasteiger partial charge in [-0.3, -0.25) is 14.3 Å². The average Bonchev–Trinajstić information content (AvgIpc) is 3.29. The smallest absolute Gasteiger partial charge is 0.233 e. The Bertz CT molecular complexity index is 1160. The van der Waals surface area contributed by atoms with Crippen molar-refractivity contribution >= 4 is 17.7 Å². The number of likely N-dealkylation sites (tertiary alicyclic amines) is 1. The molecule has 1 unspecified atom stereocenters. The zero-order valence-corrected chi connectivity index (χ0v) is 21.0. The molecule has 1 atom stereocenters. The molecule has 2 aromatic carbocycles. The van der Waals surface area contributed by atoms with Gasteiger partial charge < -0.3 is 4.90 Å². The number of aromatic nitrogens is 3. The van der Waals surface area contributed by atoms with E-state index in [4.69, 9.17) is 0 Å². The Morgan fingerprint density at radius 1 is 1.06 bits per heavy atom. The lowest BCUT2D eigenvalue weighted by Crippen LogP contribution is -2.34. The molecule has 1 aliphatic heterocycles. The number of piperidine rings is 1. The first-order chi connectivity index (χ1) is 17.1. The Morgan fingerprint density at radius 2 is 1.83 bits per heavy atom. The molecule has 2 aliphatic rings. The number of nitrogens with zero attached hydrogens (tertiary/aromatic N) is 5. The minimum atomic E-state index is -0.279. The fraction of sp³-hybridized carbons (Fsp3) is 0.444. The molecule has 1 aliphatic carbocycles. The van der Waals surface area contributed by atoms with Gasteiger partial charge >= 0.3 is 0 Å². The normalized spacial score (nSPS) is 18.3. The summed E-state index contributed by atoms with van der Waals surface area (Å²) >= 11 is 1.40. The lowest BCUT2D eigenvalue weighted by Gasteiger charge is -2.33. The first kappa shape index (κ1) is 24.0. The van der Waals surface area contributed by atoms with Gasteiger partial charge in [0, 0.05) is 12.7 Å². The summed E-state index contributed by atoms with van der Waals surface area (Å²) in [6.07, 6.45) is 6.79. The van der Waals surface area contributed by atoms with Crippen LogP contribution >= 0.6 is 11.8 Å². The summed E-state index contributed by atoms with van der Waals surface area (Å²) < 4.78 is 15.6. The van der Waals surface area contributed by atoms with E-state index < -0.39 is 0 Å². The molecule has 0 N–H and O–H groups in total. The Hall–Kier alpha value is -2.71. The van der Waals surface area contributed by atoms with Gasteiger partial charge in [0.1, 0.15) is 5.82 Å². The Kier molecular flexibility index (Phi) is 7.48. The summed E-state index contributed by atoms with van der Waals surface area (Å²) in [5.74, 6) is 0.891. The van der Waals surface area contributed by atoms with Crippen molar-refractivity contribution in [3.05, 3.63) is 71.3 Å². The van der Waals surface area contributed by atoms with Crippen LogP contribution in [0.5, 0.6) is 0 Å². The topological polar surface area (TPSA) is 54.3 Å². The van der Waals surface area contributed by atoms with E-state index >= 15 is 0 Å². The van der Waals surface area contributed by atoms with Gasteiger partial charge in [-0.05, 0) is 80.6 Å². The van der Waals surface area contributed by atoms with Crippen LogP contribution in [0.1, 0.15) is 55.1 Å². The molecule has 2 heterocycles. The zero-order valence-electron chi connectivity index (χ0n) is 20.2. The Morgan fingerprint density at radius 3 is 2.63 bits per heavy atom. The van der Waals surface area contributed by atoms with Gasteiger partial charge in [0.05, 0.1) is 18.3 Å². The van der Waals surface area contributed by atoms with Gasteiger partial charge in [-0.2, -0.15) is 0 Å². The van der Waals surface area contributed by atoms with E-state index in [2.05, 4.69) is 39.4 Å². The fourth-order valence-electron chi connectivity index (χ4n) is 5.20. The van der Waals surface area contributed by atoms with Crippen molar-refractivity contribution in [2.45, 2.75) is 56.3 Å². The Labute approximate surface area is 210 Å². The number of halogens is 1. The maximum Gasteiger partial charge on any atom is 0.233 e. The van der Waals surface area contributed by atoms with E-state index in [0.717, 1.165) is 43.9 Å². The number of thioether (sulfide) groups is 1. The van der Waals surface area contributed by atoms with Crippen molar-refractivity contribution in [1.29, 1.82) is 0 Å². The largest absolute Gasteiger partial charge is 0.338 e. The molecule has 0 radical (unpaired) electrons. The summed E-state index contributed by atoms with van der Waals surface area (Å²) in [6, 6.07) is 14.9. The number of hydrogen-bond acceptors (Lipinski definition) is 5. The van der Waals surface area contributed by atoms with E-state index in [-0.39, 0.29) is 23.5 Å². The summed E-state index contributed by atoms with van der Waals surface area (Å²) in [6.45, 7) is 2.79. The second kappa shape index (κ2) is 10.9. The van der Waals surface area contributed by atoms with Crippen LogP contribution in [0, 0.1) is 5.82 Å². The predicted octanol–water partition coefficient (Wildman–Crippen LogP) is 5.02. The molecule has 35 heavy (non-hydrogen) atoms. The molecule has 0 bridgehead atoms. The van der Waals surface area contributed by atoms with E-state index in [1.54, 1.807) is 12.1 Å². The van der Waals surface area contributed by atoms with Crippen LogP contribution in [-0.2, 0) is 17.8 Å². The number of amides is 1. The number of fused-ring (bicyclic) bond motifs is 1. The summed E-state index contributed by atoms with van der Waals surface area (Å²) in [5.41, 5.74) is 3.42. The van der Waals surface area contributed by atoms with E-state index in [1.165, 1.54) is 54.3 Å². The van der Waals surface area contributed by atoms with Gasteiger partial charge in [-0.15, -0.1) is 10.2 Å². The van der Waals surface area contributed by atoms with Gasteiger partial charge in [-0.25, -0.2) is 4.39 Å². The third kappa shape index (κ3) is 5.43. The van der Waals surface area contributed by atoms with E-state index in [9.17, 15) is 9.18 Å². The SMILES string of the molecule is CN(C(=O)CSc1nnc(CN2CCCCC2)n1-c1ccc(F)cc1)C1CCCc2ccccc21. The molecular formula is C27H32FN5OS. The monoisotopic (exact) mass is 493 g/mol. The van der Waals surface area contributed by atoms with E-state index in [0.29, 0.717) is 11.7 Å². The molecule has 6 nitrogen and oxygen atoms in total. The van der Waals surface area contributed by atoms with Crippen LogP contribution in [0.4, 0.5) is 4.39 Å².